The average molecular weight is 309 g/mol. The van der Waals surface area contributed by atoms with Crippen molar-refractivity contribution < 1.29 is 0 Å². The first-order valence-electron chi connectivity index (χ1n) is 6.57. The molecule has 116 valence electrons. The molecule has 0 amide bonds. The molecule has 0 fully saturated rings. The van der Waals surface area contributed by atoms with Crippen LogP contribution < -0.4 is 22.1 Å². The number of benzene rings is 1. The van der Waals surface area contributed by atoms with Gasteiger partial charge in [-0.2, -0.15) is 15.3 Å². The van der Waals surface area contributed by atoms with E-state index in [9.17, 15) is 0 Å². The summed E-state index contributed by atoms with van der Waals surface area (Å²) in [5, 5.41) is 21.6. The van der Waals surface area contributed by atoms with E-state index in [1.807, 2.05) is 24.3 Å². The maximum absolute atomic E-state index is 8.58. The quantitative estimate of drug-likeness (QED) is 0.212. The van der Waals surface area contributed by atoms with Gasteiger partial charge in [-0.05, 0) is 30.7 Å². The van der Waals surface area contributed by atoms with Gasteiger partial charge >= 0.3 is 0 Å². The van der Waals surface area contributed by atoms with Gasteiger partial charge in [0.15, 0.2) is 6.19 Å². The number of rotatable bonds is 5. The SMILES string of the molecule is C/C(=N/N=C(N)N)c1cccc(Nc2ccnc(NC#N)n2)c1. The number of nitriles is 1. The molecule has 9 nitrogen and oxygen atoms in total. The Bertz CT molecular complexity index is 785. The first kappa shape index (κ1) is 15.7. The largest absolute Gasteiger partial charge is 0.369 e. The van der Waals surface area contributed by atoms with Crippen molar-refractivity contribution in [3.05, 3.63) is 42.1 Å². The predicted octanol–water partition coefficient (Wildman–Crippen LogP) is 1.11. The lowest BCUT2D eigenvalue weighted by Crippen LogP contribution is -2.22. The Morgan fingerprint density at radius 2 is 2.09 bits per heavy atom. The fraction of sp³-hybridized carbons (Fsp3) is 0.0714. The van der Waals surface area contributed by atoms with Crippen LogP contribution in [0.5, 0.6) is 0 Å². The Morgan fingerprint density at radius 3 is 2.83 bits per heavy atom. The van der Waals surface area contributed by atoms with E-state index < -0.39 is 0 Å². The summed E-state index contributed by atoms with van der Waals surface area (Å²) in [7, 11) is 0. The predicted molar refractivity (Wildman–Crippen MR) is 89.0 cm³/mol. The van der Waals surface area contributed by atoms with Crippen molar-refractivity contribution in [1.29, 1.82) is 5.26 Å². The van der Waals surface area contributed by atoms with Crippen LogP contribution in [0.25, 0.3) is 0 Å². The summed E-state index contributed by atoms with van der Waals surface area (Å²) in [6.45, 7) is 1.80. The van der Waals surface area contributed by atoms with Gasteiger partial charge in [0, 0.05) is 11.9 Å². The summed E-state index contributed by atoms with van der Waals surface area (Å²) >= 11 is 0. The summed E-state index contributed by atoms with van der Waals surface area (Å²) in [6.07, 6.45) is 3.32. The van der Waals surface area contributed by atoms with Crippen LogP contribution >= 0.6 is 0 Å². The van der Waals surface area contributed by atoms with Crippen LogP contribution in [0.2, 0.25) is 0 Å². The summed E-state index contributed by atoms with van der Waals surface area (Å²) in [5.74, 6) is 0.671. The Labute approximate surface area is 132 Å². The molecule has 0 aliphatic rings. The number of guanidine groups is 1. The van der Waals surface area contributed by atoms with E-state index in [4.69, 9.17) is 16.7 Å². The highest BCUT2D eigenvalue weighted by molar-refractivity contribution is 5.99. The summed E-state index contributed by atoms with van der Waals surface area (Å²) < 4.78 is 0. The van der Waals surface area contributed by atoms with Crippen molar-refractivity contribution in [3.63, 3.8) is 0 Å². The maximum Gasteiger partial charge on any atom is 0.238 e. The van der Waals surface area contributed by atoms with Crippen LogP contribution in [0, 0.1) is 11.5 Å². The number of nitrogens with two attached hydrogens (primary N) is 2. The molecule has 9 heteroatoms. The minimum absolute atomic E-state index is 0.0999. The van der Waals surface area contributed by atoms with Crippen molar-refractivity contribution in [3.8, 4) is 6.19 Å². The van der Waals surface area contributed by atoms with E-state index in [-0.39, 0.29) is 11.9 Å². The molecule has 1 heterocycles. The van der Waals surface area contributed by atoms with Gasteiger partial charge in [0.25, 0.3) is 0 Å². The zero-order valence-corrected chi connectivity index (χ0v) is 12.4. The van der Waals surface area contributed by atoms with Crippen LogP contribution in [0.3, 0.4) is 0 Å². The lowest BCUT2D eigenvalue weighted by molar-refractivity contribution is 1.16. The second-order valence-electron chi connectivity index (χ2n) is 4.42. The van der Waals surface area contributed by atoms with Gasteiger partial charge < -0.3 is 16.8 Å². The van der Waals surface area contributed by atoms with Gasteiger partial charge in [0.2, 0.25) is 11.9 Å². The average Bonchev–Trinajstić information content (AvgIpc) is 2.53. The highest BCUT2D eigenvalue weighted by Gasteiger charge is 2.02. The fourth-order valence-corrected chi connectivity index (χ4v) is 1.70. The Balaban J connectivity index is 2.20. The molecule has 0 aliphatic heterocycles. The molecule has 1 aromatic carbocycles. The van der Waals surface area contributed by atoms with E-state index in [0.29, 0.717) is 11.5 Å². The first-order chi connectivity index (χ1) is 11.1. The van der Waals surface area contributed by atoms with E-state index >= 15 is 0 Å². The van der Waals surface area contributed by atoms with E-state index in [1.165, 1.54) is 0 Å². The van der Waals surface area contributed by atoms with E-state index in [0.717, 1.165) is 11.3 Å². The van der Waals surface area contributed by atoms with Crippen LogP contribution in [0.1, 0.15) is 12.5 Å². The molecule has 0 unspecified atom stereocenters. The molecule has 1 aromatic heterocycles. The highest BCUT2D eigenvalue weighted by Crippen LogP contribution is 2.17. The summed E-state index contributed by atoms with van der Waals surface area (Å²) in [6, 6.07) is 9.18. The van der Waals surface area contributed by atoms with Crippen molar-refractivity contribution >= 4 is 29.1 Å². The van der Waals surface area contributed by atoms with E-state index in [1.54, 1.807) is 25.4 Å². The maximum atomic E-state index is 8.58. The molecular formula is C14H15N9. The van der Waals surface area contributed by atoms with Gasteiger partial charge in [-0.1, -0.05) is 12.1 Å². The summed E-state index contributed by atoms with van der Waals surface area (Å²) in [4.78, 5) is 8.07. The van der Waals surface area contributed by atoms with Crippen LogP contribution in [-0.4, -0.2) is 21.6 Å². The fourth-order valence-electron chi connectivity index (χ4n) is 1.70. The van der Waals surface area contributed by atoms with Gasteiger partial charge in [-0.25, -0.2) is 4.98 Å². The molecule has 0 bridgehead atoms. The lowest BCUT2D eigenvalue weighted by Gasteiger charge is -2.08. The number of nitrogens with one attached hydrogen (secondary N) is 2. The summed E-state index contributed by atoms with van der Waals surface area (Å²) in [5.41, 5.74) is 12.8. The third-order valence-electron chi connectivity index (χ3n) is 2.69. The molecular weight excluding hydrogens is 294 g/mol. The van der Waals surface area contributed by atoms with Crippen molar-refractivity contribution in [2.45, 2.75) is 6.92 Å². The van der Waals surface area contributed by atoms with Gasteiger partial charge in [-0.3, -0.25) is 5.32 Å². The number of hydrogen-bond donors (Lipinski definition) is 4. The Kier molecular flexibility index (Phi) is 5.04. The minimum Gasteiger partial charge on any atom is -0.369 e. The van der Waals surface area contributed by atoms with Crippen LogP contribution in [-0.2, 0) is 0 Å². The van der Waals surface area contributed by atoms with Crippen molar-refractivity contribution in [2.24, 2.45) is 21.7 Å². The van der Waals surface area contributed by atoms with Crippen molar-refractivity contribution in [1.82, 2.24) is 9.97 Å². The molecule has 0 atom stereocenters. The van der Waals surface area contributed by atoms with Gasteiger partial charge in [0.05, 0.1) is 5.71 Å². The third-order valence-corrected chi connectivity index (χ3v) is 2.69. The smallest absolute Gasteiger partial charge is 0.238 e. The molecule has 0 aliphatic carbocycles. The molecule has 0 radical (unpaired) electrons. The zero-order chi connectivity index (χ0) is 16.7. The van der Waals surface area contributed by atoms with Crippen LogP contribution in [0.4, 0.5) is 17.5 Å². The third kappa shape index (κ3) is 4.68. The number of nitrogens with zero attached hydrogens (tertiary/aromatic N) is 5. The number of aromatic nitrogens is 2. The number of anilines is 3. The Hall–Kier alpha value is -3.67. The minimum atomic E-state index is -0.0999. The zero-order valence-electron chi connectivity index (χ0n) is 12.4. The lowest BCUT2D eigenvalue weighted by atomic mass is 10.1. The molecule has 0 saturated heterocycles. The van der Waals surface area contributed by atoms with Crippen molar-refractivity contribution in [2.75, 3.05) is 10.6 Å². The standard InChI is InChI=1S/C14H15N9/c1-9(22-23-13(16)17)10-3-2-4-11(7-10)20-12-5-6-18-14(21-12)19-8-15/h2-7H,1H3,(H4,16,17,23)(H2,18,19,20,21)/b22-9-. The molecule has 6 N–H and O–H groups in total. The monoisotopic (exact) mass is 309 g/mol. The second-order valence-corrected chi connectivity index (χ2v) is 4.42. The highest BCUT2D eigenvalue weighted by atomic mass is 15.3. The first-order valence-corrected chi connectivity index (χ1v) is 6.57. The molecule has 2 rings (SSSR count). The van der Waals surface area contributed by atoms with Crippen LogP contribution in [0.15, 0.2) is 46.7 Å². The van der Waals surface area contributed by atoms with Gasteiger partial charge in [-0.15, -0.1) is 5.10 Å². The number of hydrogen-bond acceptors (Lipinski definition) is 7. The molecule has 23 heavy (non-hydrogen) atoms. The van der Waals surface area contributed by atoms with Gasteiger partial charge in [0.1, 0.15) is 5.82 Å². The van der Waals surface area contributed by atoms with E-state index in [2.05, 4.69) is 30.8 Å². The molecule has 0 saturated carbocycles. The molecule has 0 spiro atoms. The Morgan fingerprint density at radius 1 is 1.26 bits per heavy atom. The topological polar surface area (TPSA) is 150 Å². The molecule has 2 aromatic rings. The second kappa shape index (κ2) is 7.37. The normalized spacial score (nSPS) is 10.5.